The number of carbonyl (C=O) groups excluding carboxylic acids is 1. The average Bonchev–Trinajstić information content (AvgIpc) is 3.14. The zero-order valence-electron chi connectivity index (χ0n) is 14.0. The molecule has 4 nitrogen and oxygen atoms in total. The first-order valence-corrected chi connectivity index (χ1v) is 8.82. The number of piperidine rings is 1. The van der Waals surface area contributed by atoms with Crippen molar-refractivity contribution in [1.82, 2.24) is 4.90 Å². The van der Waals surface area contributed by atoms with Crippen LogP contribution in [-0.2, 0) is 4.79 Å². The lowest BCUT2D eigenvalue weighted by Gasteiger charge is -2.34. The van der Waals surface area contributed by atoms with Gasteiger partial charge in [-0.25, -0.2) is 0 Å². The summed E-state index contributed by atoms with van der Waals surface area (Å²) in [6.07, 6.45) is 6.84. The number of amides is 1. The molecule has 1 heterocycles. The van der Waals surface area contributed by atoms with E-state index in [-0.39, 0.29) is 5.92 Å². The predicted octanol–water partition coefficient (Wildman–Crippen LogP) is 3.50. The molecular formula is C19H27NO3. The maximum absolute atomic E-state index is 12.6. The summed E-state index contributed by atoms with van der Waals surface area (Å²) in [5, 5.41) is 0. The second-order valence-corrected chi connectivity index (χ2v) is 6.76. The number of methoxy groups -OCH3 is 1. The van der Waals surface area contributed by atoms with E-state index in [9.17, 15) is 4.79 Å². The van der Waals surface area contributed by atoms with Gasteiger partial charge in [0.15, 0.2) is 0 Å². The molecule has 2 aliphatic rings. The molecule has 1 amide bonds. The van der Waals surface area contributed by atoms with E-state index in [1.165, 1.54) is 12.8 Å². The molecule has 3 rings (SSSR count). The molecule has 4 heteroatoms. The van der Waals surface area contributed by atoms with Crippen molar-refractivity contribution >= 4 is 5.91 Å². The van der Waals surface area contributed by atoms with Gasteiger partial charge < -0.3 is 14.4 Å². The third-order valence-electron chi connectivity index (χ3n) is 5.08. The van der Waals surface area contributed by atoms with Gasteiger partial charge in [-0.3, -0.25) is 4.79 Å². The maximum atomic E-state index is 12.6. The van der Waals surface area contributed by atoms with Crippen molar-refractivity contribution in [3.8, 4) is 11.5 Å². The quantitative estimate of drug-likeness (QED) is 0.834. The van der Waals surface area contributed by atoms with Gasteiger partial charge in [-0.1, -0.05) is 12.8 Å². The standard InChI is InChI=1S/C19H27NO3/c1-22-17-8-10-18(11-9-17)23-14-15-5-4-12-20(13-15)19(21)16-6-2-3-7-16/h8-11,15-16H,2-7,12-14H2,1H3/t15-/m1/s1. The molecule has 1 aliphatic heterocycles. The lowest BCUT2D eigenvalue weighted by molar-refractivity contribution is -0.137. The van der Waals surface area contributed by atoms with Gasteiger partial charge in [0.1, 0.15) is 11.5 Å². The first-order chi connectivity index (χ1) is 11.3. The molecule has 1 saturated heterocycles. The molecule has 0 aromatic heterocycles. The van der Waals surface area contributed by atoms with E-state index < -0.39 is 0 Å². The topological polar surface area (TPSA) is 38.8 Å². The van der Waals surface area contributed by atoms with E-state index in [4.69, 9.17) is 9.47 Å². The zero-order chi connectivity index (χ0) is 16.1. The normalized spacial score (nSPS) is 22.1. The molecule has 23 heavy (non-hydrogen) atoms. The van der Waals surface area contributed by atoms with Crippen LogP contribution < -0.4 is 9.47 Å². The highest BCUT2D eigenvalue weighted by atomic mass is 16.5. The summed E-state index contributed by atoms with van der Waals surface area (Å²) in [6.45, 7) is 2.46. The number of carbonyl (C=O) groups is 1. The highest BCUT2D eigenvalue weighted by Gasteiger charge is 2.30. The molecule has 2 fully saturated rings. The SMILES string of the molecule is COc1ccc(OC[C@@H]2CCCN(C(=O)C3CCCC3)C2)cc1. The molecule has 126 valence electrons. The van der Waals surface area contributed by atoms with Gasteiger partial charge >= 0.3 is 0 Å². The van der Waals surface area contributed by atoms with E-state index in [1.54, 1.807) is 7.11 Å². The van der Waals surface area contributed by atoms with Crippen molar-refractivity contribution < 1.29 is 14.3 Å². The Hall–Kier alpha value is -1.71. The van der Waals surface area contributed by atoms with Crippen LogP contribution in [0.25, 0.3) is 0 Å². The third kappa shape index (κ3) is 4.18. The highest BCUT2D eigenvalue weighted by Crippen LogP contribution is 2.28. The number of likely N-dealkylation sites (tertiary alicyclic amines) is 1. The fraction of sp³-hybridized carbons (Fsp3) is 0.632. The minimum atomic E-state index is 0.288. The minimum Gasteiger partial charge on any atom is -0.497 e. The predicted molar refractivity (Wildman–Crippen MR) is 89.8 cm³/mol. The fourth-order valence-electron chi connectivity index (χ4n) is 3.72. The first-order valence-electron chi connectivity index (χ1n) is 8.82. The molecule has 0 N–H and O–H groups in total. The molecule has 0 bridgehead atoms. The van der Waals surface area contributed by atoms with Crippen LogP contribution in [0.3, 0.4) is 0 Å². The highest BCUT2D eigenvalue weighted by molar-refractivity contribution is 5.79. The Kier molecular flexibility index (Phi) is 5.42. The Morgan fingerprint density at radius 3 is 2.48 bits per heavy atom. The van der Waals surface area contributed by atoms with Crippen molar-refractivity contribution in [3.63, 3.8) is 0 Å². The number of ether oxygens (including phenoxy) is 2. The first kappa shape index (κ1) is 16.2. The Labute approximate surface area is 138 Å². The van der Waals surface area contributed by atoms with E-state index in [1.807, 2.05) is 24.3 Å². The number of hydrogen-bond acceptors (Lipinski definition) is 3. The Morgan fingerprint density at radius 1 is 1.09 bits per heavy atom. The number of nitrogens with zero attached hydrogens (tertiary/aromatic N) is 1. The number of benzene rings is 1. The van der Waals surface area contributed by atoms with Gasteiger partial charge in [0.05, 0.1) is 13.7 Å². The summed E-state index contributed by atoms with van der Waals surface area (Å²) in [5.41, 5.74) is 0. The van der Waals surface area contributed by atoms with Crippen LogP contribution in [0.2, 0.25) is 0 Å². The van der Waals surface area contributed by atoms with Crippen LogP contribution in [0.15, 0.2) is 24.3 Å². The maximum Gasteiger partial charge on any atom is 0.225 e. The number of hydrogen-bond donors (Lipinski definition) is 0. The number of rotatable bonds is 5. The van der Waals surface area contributed by atoms with Gasteiger partial charge in [-0.15, -0.1) is 0 Å². The van der Waals surface area contributed by atoms with Gasteiger partial charge in [0.25, 0.3) is 0 Å². The van der Waals surface area contributed by atoms with Crippen LogP contribution in [0.5, 0.6) is 11.5 Å². The summed E-state index contributed by atoms with van der Waals surface area (Å²) < 4.78 is 11.1. The molecular weight excluding hydrogens is 290 g/mol. The second kappa shape index (κ2) is 7.71. The summed E-state index contributed by atoms with van der Waals surface area (Å²) in [4.78, 5) is 14.6. The van der Waals surface area contributed by atoms with E-state index in [2.05, 4.69) is 4.90 Å². The molecule has 1 aromatic carbocycles. The van der Waals surface area contributed by atoms with Crippen LogP contribution in [0, 0.1) is 11.8 Å². The summed E-state index contributed by atoms with van der Waals surface area (Å²) in [7, 11) is 1.66. The lowest BCUT2D eigenvalue weighted by Crippen LogP contribution is -2.43. The molecule has 0 spiro atoms. The monoisotopic (exact) mass is 317 g/mol. The van der Waals surface area contributed by atoms with E-state index >= 15 is 0 Å². The smallest absolute Gasteiger partial charge is 0.225 e. The van der Waals surface area contributed by atoms with Gasteiger partial charge in [-0.05, 0) is 49.9 Å². The van der Waals surface area contributed by atoms with Crippen LogP contribution >= 0.6 is 0 Å². The largest absolute Gasteiger partial charge is 0.497 e. The average molecular weight is 317 g/mol. The summed E-state index contributed by atoms with van der Waals surface area (Å²) in [5.74, 6) is 2.82. The molecule has 1 saturated carbocycles. The molecule has 0 radical (unpaired) electrons. The summed E-state index contributed by atoms with van der Waals surface area (Å²) >= 11 is 0. The zero-order valence-corrected chi connectivity index (χ0v) is 14.0. The Bertz CT molecular complexity index is 508. The minimum absolute atomic E-state index is 0.288. The second-order valence-electron chi connectivity index (χ2n) is 6.76. The van der Waals surface area contributed by atoms with Gasteiger partial charge in [0, 0.05) is 24.9 Å². The van der Waals surface area contributed by atoms with Crippen LogP contribution in [-0.4, -0.2) is 37.6 Å². The van der Waals surface area contributed by atoms with Crippen molar-refractivity contribution in [2.24, 2.45) is 11.8 Å². The van der Waals surface area contributed by atoms with Gasteiger partial charge in [-0.2, -0.15) is 0 Å². The van der Waals surface area contributed by atoms with Crippen molar-refractivity contribution in [1.29, 1.82) is 0 Å². The molecule has 1 aliphatic carbocycles. The Balaban J connectivity index is 1.48. The van der Waals surface area contributed by atoms with Crippen molar-refractivity contribution in [2.75, 3.05) is 26.8 Å². The van der Waals surface area contributed by atoms with E-state index in [0.717, 1.165) is 50.3 Å². The third-order valence-corrected chi connectivity index (χ3v) is 5.08. The van der Waals surface area contributed by atoms with Crippen LogP contribution in [0.4, 0.5) is 0 Å². The van der Waals surface area contributed by atoms with E-state index in [0.29, 0.717) is 18.4 Å². The van der Waals surface area contributed by atoms with Crippen LogP contribution in [0.1, 0.15) is 38.5 Å². The molecule has 0 unspecified atom stereocenters. The van der Waals surface area contributed by atoms with Crippen molar-refractivity contribution in [2.45, 2.75) is 38.5 Å². The molecule has 1 atom stereocenters. The fourth-order valence-corrected chi connectivity index (χ4v) is 3.72. The summed E-state index contributed by atoms with van der Waals surface area (Å²) in [6, 6.07) is 7.68. The van der Waals surface area contributed by atoms with Crippen molar-refractivity contribution in [3.05, 3.63) is 24.3 Å². The van der Waals surface area contributed by atoms with Gasteiger partial charge in [0.2, 0.25) is 5.91 Å². The lowest BCUT2D eigenvalue weighted by atomic mass is 9.97. The Morgan fingerprint density at radius 2 is 1.78 bits per heavy atom. The molecule has 1 aromatic rings.